The molecule has 0 saturated carbocycles. The highest BCUT2D eigenvalue weighted by Crippen LogP contribution is 2.26. The van der Waals surface area contributed by atoms with Gasteiger partial charge in [-0.15, -0.1) is 11.3 Å². The molecule has 4 aromatic rings. The highest BCUT2D eigenvalue weighted by molar-refractivity contribution is 7.14. The maximum absolute atomic E-state index is 12.3. The molecule has 6 nitrogen and oxygen atoms in total. The molecule has 8 heteroatoms. The molecule has 0 fully saturated rings. The molecule has 1 amide bonds. The third-order valence-corrected chi connectivity index (χ3v) is 5.49. The van der Waals surface area contributed by atoms with Crippen molar-refractivity contribution in [3.63, 3.8) is 0 Å². The number of nitrogens with one attached hydrogen (secondary N) is 1. The molecular weight excluding hydrogens is 366 g/mol. The predicted octanol–water partition coefficient (Wildman–Crippen LogP) is 4.38. The van der Waals surface area contributed by atoms with Gasteiger partial charge >= 0.3 is 0 Å². The maximum Gasteiger partial charge on any atom is 0.230 e. The lowest BCUT2D eigenvalue weighted by atomic mass is 10.3. The van der Waals surface area contributed by atoms with E-state index in [0.29, 0.717) is 5.69 Å². The van der Waals surface area contributed by atoms with Crippen LogP contribution in [-0.2, 0) is 11.2 Å². The third kappa shape index (κ3) is 3.38. The van der Waals surface area contributed by atoms with Crippen molar-refractivity contribution in [1.29, 1.82) is 0 Å². The van der Waals surface area contributed by atoms with Gasteiger partial charge in [0.05, 0.1) is 30.2 Å². The molecule has 0 atom stereocenters. The van der Waals surface area contributed by atoms with Crippen LogP contribution in [0.5, 0.6) is 0 Å². The molecule has 0 bridgehead atoms. The highest BCUT2D eigenvalue weighted by atomic mass is 32.1. The Labute approximate surface area is 158 Å². The van der Waals surface area contributed by atoms with Crippen LogP contribution >= 0.6 is 22.7 Å². The first-order valence-electron chi connectivity index (χ1n) is 8.20. The Kier molecular flexibility index (Phi) is 4.52. The Hall–Kier alpha value is -2.58. The summed E-state index contributed by atoms with van der Waals surface area (Å²) in [5, 5.41) is 15.1. The lowest BCUT2D eigenvalue weighted by Crippen LogP contribution is -2.14. The van der Waals surface area contributed by atoms with Crippen molar-refractivity contribution >= 4 is 45.3 Å². The minimum atomic E-state index is -0.107. The molecular formula is C18H17N5OS2. The number of pyridine rings is 1. The van der Waals surface area contributed by atoms with Gasteiger partial charge in [0.25, 0.3) is 0 Å². The van der Waals surface area contributed by atoms with Crippen LogP contribution in [0, 0.1) is 0 Å². The summed E-state index contributed by atoms with van der Waals surface area (Å²) >= 11 is 3.19. The number of anilines is 1. The molecule has 0 aliphatic rings. The second-order valence-electron chi connectivity index (χ2n) is 6.20. The van der Waals surface area contributed by atoms with Crippen LogP contribution in [-0.4, -0.2) is 25.7 Å². The Balaban J connectivity index is 1.45. The van der Waals surface area contributed by atoms with Gasteiger partial charge in [-0.1, -0.05) is 0 Å². The Bertz CT molecular complexity index is 1050. The van der Waals surface area contributed by atoms with E-state index < -0.39 is 0 Å². The number of fused-ring (bicyclic) bond motifs is 1. The van der Waals surface area contributed by atoms with Gasteiger partial charge < -0.3 is 5.32 Å². The molecule has 1 N–H and O–H groups in total. The molecule has 0 aliphatic heterocycles. The summed E-state index contributed by atoms with van der Waals surface area (Å²) in [5.74, 6) is -0.107. The predicted molar refractivity (Wildman–Crippen MR) is 106 cm³/mol. The SMILES string of the molecule is CC(C)n1ncc2cc(NC(=O)Cc3csc(-c4ccsc4)n3)cnc21. The van der Waals surface area contributed by atoms with Gasteiger partial charge in [0.1, 0.15) is 5.01 Å². The summed E-state index contributed by atoms with van der Waals surface area (Å²) in [6, 6.07) is 4.16. The molecule has 4 heterocycles. The van der Waals surface area contributed by atoms with Crippen molar-refractivity contribution in [2.45, 2.75) is 26.3 Å². The van der Waals surface area contributed by atoms with Crippen LogP contribution in [0.3, 0.4) is 0 Å². The zero-order chi connectivity index (χ0) is 18.1. The first kappa shape index (κ1) is 16.9. The van der Waals surface area contributed by atoms with Crippen LogP contribution < -0.4 is 5.32 Å². The summed E-state index contributed by atoms with van der Waals surface area (Å²) in [7, 11) is 0. The van der Waals surface area contributed by atoms with E-state index in [1.54, 1.807) is 35.1 Å². The fraction of sp³-hybridized carbons (Fsp3) is 0.222. The molecule has 0 saturated heterocycles. The number of aromatic nitrogens is 4. The van der Waals surface area contributed by atoms with E-state index in [0.717, 1.165) is 27.3 Å². The first-order valence-corrected chi connectivity index (χ1v) is 10.0. The van der Waals surface area contributed by atoms with E-state index in [1.165, 1.54) is 0 Å². The van der Waals surface area contributed by atoms with Gasteiger partial charge in [0, 0.05) is 27.8 Å². The van der Waals surface area contributed by atoms with E-state index >= 15 is 0 Å². The fourth-order valence-electron chi connectivity index (χ4n) is 2.66. The zero-order valence-corrected chi connectivity index (χ0v) is 16.0. The number of hydrogen-bond acceptors (Lipinski definition) is 6. The molecule has 0 spiro atoms. The Morgan fingerprint density at radius 3 is 2.96 bits per heavy atom. The topological polar surface area (TPSA) is 72.7 Å². The molecule has 0 aromatic carbocycles. The summed E-state index contributed by atoms with van der Waals surface area (Å²) in [5.41, 5.74) is 3.36. The summed E-state index contributed by atoms with van der Waals surface area (Å²) < 4.78 is 1.86. The number of amides is 1. The van der Waals surface area contributed by atoms with E-state index in [2.05, 4.69) is 39.6 Å². The normalized spacial score (nSPS) is 11.3. The van der Waals surface area contributed by atoms with Crippen LogP contribution in [0.4, 0.5) is 5.69 Å². The molecule has 4 rings (SSSR count). The van der Waals surface area contributed by atoms with Crippen LogP contribution in [0.15, 0.2) is 40.7 Å². The number of thiophene rings is 1. The number of carbonyl (C=O) groups excluding carboxylic acids is 1. The molecule has 26 heavy (non-hydrogen) atoms. The van der Waals surface area contributed by atoms with Crippen molar-refractivity contribution in [3.8, 4) is 10.6 Å². The Morgan fingerprint density at radius 1 is 1.31 bits per heavy atom. The monoisotopic (exact) mass is 383 g/mol. The molecule has 0 unspecified atom stereocenters. The number of hydrogen-bond donors (Lipinski definition) is 1. The van der Waals surface area contributed by atoms with Crippen molar-refractivity contribution < 1.29 is 4.79 Å². The van der Waals surface area contributed by atoms with E-state index in [1.807, 2.05) is 27.6 Å². The van der Waals surface area contributed by atoms with Crippen LogP contribution in [0.1, 0.15) is 25.6 Å². The molecule has 4 aromatic heterocycles. The molecule has 132 valence electrons. The highest BCUT2D eigenvalue weighted by Gasteiger charge is 2.12. The lowest BCUT2D eigenvalue weighted by molar-refractivity contribution is -0.115. The summed E-state index contributed by atoms with van der Waals surface area (Å²) in [4.78, 5) is 21.3. The zero-order valence-electron chi connectivity index (χ0n) is 14.3. The second-order valence-corrected chi connectivity index (χ2v) is 7.84. The third-order valence-electron chi connectivity index (χ3n) is 3.87. The number of rotatable bonds is 5. The van der Waals surface area contributed by atoms with E-state index in [9.17, 15) is 4.79 Å². The summed E-state index contributed by atoms with van der Waals surface area (Å²) in [6.45, 7) is 4.12. The van der Waals surface area contributed by atoms with Crippen LogP contribution in [0.2, 0.25) is 0 Å². The minimum absolute atomic E-state index is 0.107. The number of nitrogens with zero attached hydrogens (tertiary/aromatic N) is 4. The number of carbonyl (C=O) groups is 1. The van der Waals surface area contributed by atoms with Crippen molar-refractivity contribution in [2.75, 3.05) is 5.32 Å². The standard InChI is InChI=1S/C18H17N5OS2/c1-11(2)23-17-13(7-20-23)5-14(8-19-17)21-16(24)6-15-10-26-18(22-15)12-3-4-25-9-12/h3-5,7-11H,6H2,1-2H3,(H,21,24). The Morgan fingerprint density at radius 2 is 2.19 bits per heavy atom. The average molecular weight is 384 g/mol. The fourth-order valence-corrected chi connectivity index (χ4v) is 4.19. The molecule has 0 aliphatic carbocycles. The lowest BCUT2D eigenvalue weighted by Gasteiger charge is -2.07. The smallest absolute Gasteiger partial charge is 0.230 e. The summed E-state index contributed by atoms with van der Waals surface area (Å²) in [6.07, 6.45) is 3.67. The number of thiazole rings is 1. The van der Waals surface area contributed by atoms with Crippen LogP contribution in [0.25, 0.3) is 21.6 Å². The quantitative estimate of drug-likeness (QED) is 0.555. The second kappa shape index (κ2) is 6.97. The average Bonchev–Trinajstić information content (AvgIpc) is 3.34. The minimum Gasteiger partial charge on any atom is -0.324 e. The first-order chi connectivity index (χ1) is 12.6. The van der Waals surface area contributed by atoms with Gasteiger partial charge in [0.15, 0.2) is 5.65 Å². The van der Waals surface area contributed by atoms with Crippen molar-refractivity contribution in [3.05, 3.63) is 46.4 Å². The maximum atomic E-state index is 12.3. The largest absolute Gasteiger partial charge is 0.324 e. The van der Waals surface area contributed by atoms with Crippen molar-refractivity contribution in [1.82, 2.24) is 19.7 Å². The van der Waals surface area contributed by atoms with Gasteiger partial charge in [-0.2, -0.15) is 16.4 Å². The van der Waals surface area contributed by atoms with E-state index in [-0.39, 0.29) is 18.4 Å². The van der Waals surface area contributed by atoms with Gasteiger partial charge in [-0.05, 0) is 31.4 Å². The van der Waals surface area contributed by atoms with Gasteiger partial charge in [-0.3, -0.25) is 4.79 Å². The van der Waals surface area contributed by atoms with Crippen molar-refractivity contribution in [2.24, 2.45) is 0 Å². The molecule has 0 radical (unpaired) electrons. The van der Waals surface area contributed by atoms with E-state index in [4.69, 9.17) is 0 Å². The van der Waals surface area contributed by atoms with Gasteiger partial charge in [0.2, 0.25) is 5.91 Å². The van der Waals surface area contributed by atoms with Gasteiger partial charge in [-0.25, -0.2) is 14.6 Å².